The van der Waals surface area contributed by atoms with E-state index in [0.717, 1.165) is 48.0 Å². The topological polar surface area (TPSA) is 104 Å². The van der Waals surface area contributed by atoms with Crippen molar-refractivity contribution >= 4 is 28.7 Å². The Labute approximate surface area is 171 Å². The number of hydrogen-bond donors (Lipinski definition) is 2. The molecule has 3 fully saturated rings. The second kappa shape index (κ2) is 5.56. The second-order valence-electron chi connectivity index (χ2n) is 8.65. The van der Waals surface area contributed by atoms with Crippen LogP contribution in [-0.4, -0.2) is 58.3 Å². The van der Waals surface area contributed by atoms with Crippen molar-refractivity contribution in [2.24, 2.45) is 5.92 Å². The van der Waals surface area contributed by atoms with E-state index < -0.39 is 0 Å². The first-order valence-electron chi connectivity index (χ1n) is 10.4. The Balaban J connectivity index is 1.12. The van der Waals surface area contributed by atoms with Crippen molar-refractivity contribution in [1.29, 1.82) is 0 Å². The van der Waals surface area contributed by atoms with Crippen LogP contribution in [0, 0.1) is 5.92 Å². The van der Waals surface area contributed by atoms with Gasteiger partial charge in [-0.3, -0.25) is 9.20 Å². The monoisotopic (exact) mass is 400 g/mol. The molecule has 2 aliphatic carbocycles. The molecule has 1 unspecified atom stereocenters. The molecule has 0 aromatic carbocycles. The van der Waals surface area contributed by atoms with E-state index in [4.69, 9.17) is 0 Å². The molecule has 5 heterocycles. The van der Waals surface area contributed by atoms with Crippen LogP contribution in [0.15, 0.2) is 37.2 Å². The largest absolute Gasteiger partial charge is 0.351 e. The molecule has 150 valence electrons. The summed E-state index contributed by atoms with van der Waals surface area (Å²) < 4.78 is 1.90. The summed E-state index contributed by atoms with van der Waals surface area (Å²) in [6, 6.07) is 0.345. The zero-order valence-corrected chi connectivity index (χ0v) is 16.2. The average Bonchev–Trinajstić information content (AvgIpc) is 3.24. The molecular weight excluding hydrogens is 380 g/mol. The van der Waals surface area contributed by atoms with Crippen LogP contribution in [-0.2, 0) is 4.79 Å². The second-order valence-corrected chi connectivity index (χ2v) is 8.65. The van der Waals surface area contributed by atoms with Crippen LogP contribution in [0.1, 0.15) is 25.7 Å². The molecule has 3 aliphatic rings. The molecule has 1 amide bonds. The number of carbonyl (C=O) groups excluding carboxylic acids is 1. The number of nitrogens with one attached hydrogen (secondary N) is 2. The van der Waals surface area contributed by atoms with Gasteiger partial charge in [-0.05, 0) is 19.3 Å². The zero-order chi connectivity index (χ0) is 19.9. The molecule has 30 heavy (non-hydrogen) atoms. The molecule has 4 aromatic heterocycles. The fourth-order valence-electron chi connectivity index (χ4n) is 5.46. The fourth-order valence-corrected chi connectivity index (χ4v) is 5.46. The number of likely N-dealkylation sites (tertiary alicyclic amines) is 1. The molecule has 0 spiro atoms. The first-order valence-corrected chi connectivity index (χ1v) is 10.4. The van der Waals surface area contributed by atoms with E-state index >= 15 is 0 Å². The molecule has 0 radical (unpaired) electrons. The number of anilines is 1. The van der Waals surface area contributed by atoms with Gasteiger partial charge in [0.15, 0.2) is 0 Å². The molecule has 9 heteroatoms. The lowest BCUT2D eigenvalue weighted by atomic mass is 9.85. The van der Waals surface area contributed by atoms with E-state index in [-0.39, 0.29) is 5.54 Å². The molecule has 0 bridgehead atoms. The van der Waals surface area contributed by atoms with E-state index in [1.807, 2.05) is 35.4 Å². The van der Waals surface area contributed by atoms with E-state index in [9.17, 15) is 4.79 Å². The first-order chi connectivity index (χ1) is 14.7. The van der Waals surface area contributed by atoms with Gasteiger partial charge in [0, 0.05) is 78.6 Å². The summed E-state index contributed by atoms with van der Waals surface area (Å²) in [5.74, 6) is 2.17. The number of fused-ring (bicyclic) bond motifs is 3. The molecule has 3 atom stereocenters. The van der Waals surface area contributed by atoms with Gasteiger partial charge in [0.05, 0.1) is 5.54 Å². The third-order valence-corrected chi connectivity index (χ3v) is 7.08. The molecule has 7 rings (SSSR count). The highest BCUT2D eigenvalue weighted by molar-refractivity contribution is 5.93. The third kappa shape index (κ3) is 2.14. The highest BCUT2D eigenvalue weighted by Crippen LogP contribution is 2.64. The lowest BCUT2D eigenvalue weighted by molar-refractivity contribution is -0.132. The van der Waals surface area contributed by atoms with Crippen LogP contribution in [0.3, 0.4) is 0 Å². The van der Waals surface area contributed by atoms with Crippen molar-refractivity contribution in [2.45, 2.75) is 37.3 Å². The summed E-state index contributed by atoms with van der Waals surface area (Å²) >= 11 is 0. The maximum absolute atomic E-state index is 12.1. The Morgan fingerprint density at radius 3 is 3.03 bits per heavy atom. The van der Waals surface area contributed by atoms with Crippen molar-refractivity contribution in [3.05, 3.63) is 37.2 Å². The van der Waals surface area contributed by atoms with Crippen LogP contribution in [0.2, 0.25) is 0 Å². The minimum absolute atomic E-state index is 0.133. The van der Waals surface area contributed by atoms with E-state index in [0.29, 0.717) is 36.0 Å². The van der Waals surface area contributed by atoms with Gasteiger partial charge in [0.1, 0.15) is 5.65 Å². The van der Waals surface area contributed by atoms with Crippen LogP contribution in [0.25, 0.3) is 27.9 Å². The Kier molecular flexibility index (Phi) is 3.02. The number of aromatic amines is 1. The van der Waals surface area contributed by atoms with Crippen LogP contribution in [0.5, 0.6) is 0 Å². The van der Waals surface area contributed by atoms with Gasteiger partial charge in [-0.2, -0.15) is 4.98 Å². The number of aromatic nitrogens is 6. The quantitative estimate of drug-likeness (QED) is 0.544. The number of nitrogens with zero attached hydrogens (tertiary/aromatic N) is 6. The van der Waals surface area contributed by atoms with Crippen molar-refractivity contribution in [2.75, 3.05) is 11.9 Å². The van der Waals surface area contributed by atoms with Gasteiger partial charge < -0.3 is 15.2 Å². The lowest BCUT2D eigenvalue weighted by Crippen LogP contribution is -2.53. The summed E-state index contributed by atoms with van der Waals surface area (Å²) in [5, 5.41) is 4.45. The normalized spacial score (nSPS) is 27.5. The summed E-state index contributed by atoms with van der Waals surface area (Å²) in [6.45, 7) is 0.926. The maximum Gasteiger partial charge on any atom is 0.233 e. The number of H-pyrrole nitrogens is 1. The molecule has 1 aliphatic heterocycles. The standard InChI is InChI=1S/C21H20N8O/c30-17-2-1-4-29(17)21-6-15(21)16(7-21)26-19-24-10-14-13(9-23-18(14)27-19)12-8-25-20-22-3-5-28(20)11-12/h3,5,8-11,15-16H,1-2,4,6-7H2,(H2,23,24,26,27)/t15?,16-,21+/m0/s1. The number of carbonyl (C=O) groups is 1. The molecule has 4 aromatic rings. The van der Waals surface area contributed by atoms with E-state index in [2.05, 4.69) is 35.1 Å². The van der Waals surface area contributed by atoms with Crippen molar-refractivity contribution in [1.82, 2.24) is 34.2 Å². The average molecular weight is 400 g/mol. The van der Waals surface area contributed by atoms with Crippen LogP contribution < -0.4 is 5.32 Å². The smallest absolute Gasteiger partial charge is 0.233 e. The Bertz CT molecular complexity index is 1330. The van der Waals surface area contributed by atoms with Gasteiger partial charge in [0.25, 0.3) is 0 Å². The molecule has 1 saturated heterocycles. The van der Waals surface area contributed by atoms with E-state index in [1.54, 1.807) is 6.20 Å². The first kappa shape index (κ1) is 16.3. The number of rotatable bonds is 4. The molecule has 2 N–H and O–H groups in total. The third-order valence-electron chi connectivity index (χ3n) is 7.08. The molecular formula is C21H20N8O. The van der Waals surface area contributed by atoms with Crippen molar-refractivity contribution in [3.8, 4) is 11.1 Å². The van der Waals surface area contributed by atoms with Gasteiger partial charge in [-0.15, -0.1) is 0 Å². The van der Waals surface area contributed by atoms with Crippen LogP contribution in [0.4, 0.5) is 5.95 Å². The minimum Gasteiger partial charge on any atom is -0.351 e. The lowest BCUT2D eigenvalue weighted by Gasteiger charge is -2.41. The highest BCUT2D eigenvalue weighted by atomic mass is 16.2. The molecule has 2 saturated carbocycles. The number of imidazole rings is 1. The van der Waals surface area contributed by atoms with Crippen molar-refractivity contribution < 1.29 is 4.79 Å². The Morgan fingerprint density at radius 2 is 2.17 bits per heavy atom. The number of amides is 1. The number of hydrogen-bond acceptors (Lipinski definition) is 6. The Morgan fingerprint density at radius 1 is 1.20 bits per heavy atom. The zero-order valence-electron chi connectivity index (χ0n) is 16.2. The van der Waals surface area contributed by atoms with E-state index in [1.165, 1.54) is 0 Å². The van der Waals surface area contributed by atoms with Crippen molar-refractivity contribution in [3.63, 3.8) is 0 Å². The summed E-state index contributed by atoms with van der Waals surface area (Å²) in [5.41, 5.74) is 2.92. The van der Waals surface area contributed by atoms with Gasteiger partial charge in [-0.25, -0.2) is 15.0 Å². The Hall–Kier alpha value is -3.49. The van der Waals surface area contributed by atoms with Gasteiger partial charge in [0.2, 0.25) is 17.6 Å². The fraction of sp³-hybridized carbons (Fsp3) is 0.381. The SMILES string of the molecule is O=C1CCCN1[C@@]12CC1[C@@H](Nc1ncc3c(-c4cnc5nccn5c4)c[nH]c3n1)C2. The molecule has 9 nitrogen and oxygen atoms in total. The van der Waals surface area contributed by atoms with Gasteiger partial charge in [-0.1, -0.05) is 0 Å². The minimum atomic E-state index is 0.133. The summed E-state index contributed by atoms with van der Waals surface area (Å²) in [4.78, 5) is 35.3. The summed E-state index contributed by atoms with van der Waals surface area (Å²) in [7, 11) is 0. The predicted octanol–water partition coefficient (Wildman–Crippen LogP) is 2.23. The maximum atomic E-state index is 12.1. The predicted molar refractivity (Wildman–Crippen MR) is 110 cm³/mol. The summed E-state index contributed by atoms with van der Waals surface area (Å²) in [6.07, 6.45) is 15.1. The van der Waals surface area contributed by atoms with Gasteiger partial charge >= 0.3 is 0 Å². The highest BCUT2D eigenvalue weighted by Gasteiger charge is 2.71. The van der Waals surface area contributed by atoms with Crippen LogP contribution >= 0.6 is 0 Å².